The molecule has 0 aliphatic carbocycles. The van der Waals surface area contributed by atoms with Crippen LogP contribution in [0.4, 0.5) is 0 Å². The number of hydrogen-bond donors (Lipinski definition) is 1. The number of ether oxygens (including phenoxy) is 1. The Labute approximate surface area is 143 Å². The molecule has 0 spiro atoms. The smallest absolute Gasteiger partial charge is 0.119 e. The number of nitrogens with one attached hydrogen (secondary N) is 1. The van der Waals surface area contributed by atoms with Gasteiger partial charge in [-0.25, -0.2) is 0 Å². The third kappa shape index (κ3) is 7.85. The number of rotatable bonds is 8. The Bertz CT molecular complexity index is 385. The summed E-state index contributed by atoms with van der Waals surface area (Å²) in [7, 11) is 0. The lowest BCUT2D eigenvalue weighted by atomic mass is 10.0. The molecule has 3 heteroatoms. The highest BCUT2D eigenvalue weighted by molar-refractivity contribution is 5.26. The molecule has 1 aromatic rings. The van der Waals surface area contributed by atoms with E-state index in [0.29, 0.717) is 0 Å². The zero-order valence-electron chi connectivity index (χ0n) is 15.6. The highest BCUT2D eigenvalue weighted by Crippen LogP contribution is 2.14. The lowest BCUT2D eigenvalue weighted by Gasteiger charge is -2.34. The molecule has 1 aromatic carbocycles. The van der Waals surface area contributed by atoms with Gasteiger partial charge in [-0.3, -0.25) is 4.90 Å². The molecule has 0 amide bonds. The lowest BCUT2D eigenvalue weighted by Crippen LogP contribution is -2.45. The van der Waals surface area contributed by atoms with Crippen molar-refractivity contribution in [1.82, 2.24) is 10.2 Å². The van der Waals surface area contributed by atoms with Crippen molar-refractivity contribution in [2.24, 2.45) is 0 Å². The van der Waals surface area contributed by atoms with Gasteiger partial charge in [0.15, 0.2) is 0 Å². The summed E-state index contributed by atoms with van der Waals surface area (Å²) in [5, 5.41) is 3.45. The van der Waals surface area contributed by atoms with Gasteiger partial charge in [-0.15, -0.1) is 0 Å². The van der Waals surface area contributed by atoms with Crippen LogP contribution in [0.2, 0.25) is 0 Å². The molecule has 0 bridgehead atoms. The fourth-order valence-electron chi connectivity index (χ4n) is 2.93. The molecule has 132 valence electrons. The highest BCUT2D eigenvalue weighted by Gasteiger charge is 2.20. The van der Waals surface area contributed by atoms with Gasteiger partial charge in [0.1, 0.15) is 12.4 Å². The monoisotopic (exact) mass is 320 g/mol. The van der Waals surface area contributed by atoms with E-state index in [9.17, 15) is 0 Å². The molecule has 1 fully saturated rings. The quantitative estimate of drug-likeness (QED) is 0.775. The summed E-state index contributed by atoms with van der Waals surface area (Å²) in [6.07, 6.45) is 5.09. The topological polar surface area (TPSA) is 24.5 Å². The van der Waals surface area contributed by atoms with Gasteiger partial charge >= 0.3 is 0 Å². The maximum Gasteiger partial charge on any atom is 0.119 e. The van der Waals surface area contributed by atoms with Gasteiger partial charge in [0.05, 0.1) is 0 Å². The molecular formula is C20H36N2O. The zero-order chi connectivity index (χ0) is 16.9. The van der Waals surface area contributed by atoms with Crippen LogP contribution in [0, 0.1) is 6.92 Å². The van der Waals surface area contributed by atoms with Crippen molar-refractivity contribution in [3.8, 4) is 5.75 Å². The van der Waals surface area contributed by atoms with Gasteiger partial charge in [-0.1, -0.05) is 44.9 Å². The number of hydrogen-bond acceptors (Lipinski definition) is 3. The number of nitrogens with zero attached hydrogens (tertiary/aromatic N) is 1. The summed E-state index contributed by atoms with van der Waals surface area (Å²) in [6.45, 7) is 13.7. The van der Waals surface area contributed by atoms with Crippen molar-refractivity contribution >= 4 is 0 Å². The minimum Gasteiger partial charge on any atom is -0.492 e. The molecule has 0 saturated carbocycles. The zero-order valence-corrected chi connectivity index (χ0v) is 15.6. The Balaban J connectivity index is 0.00000127. The van der Waals surface area contributed by atoms with Crippen molar-refractivity contribution in [2.75, 3.05) is 32.8 Å². The van der Waals surface area contributed by atoms with Crippen LogP contribution in [-0.4, -0.2) is 43.7 Å². The van der Waals surface area contributed by atoms with Crippen molar-refractivity contribution in [3.05, 3.63) is 29.8 Å². The van der Waals surface area contributed by atoms with Crippen LogP contribution in [0.1, 0.15) is 52.0 Å². The molecule has 1 aliphatic rings. The van der Waals surface area contributed by atoms with E-state index in [-0.39, 0.29) is 0 Å². The average Bonchev–Trinajstić information content (AvgIpc) is 2.62. The van der Waals surface area contributed by atoms with Crippen molar-refractivity contribution < 1.29 is 4.74 Å². The summed E-state index contributed by atoms with van der Waals surface area (Å²) in [5.41, 5.74) is 1.28. The molecule has 1 saturated heterocycles. The Kier molecular flexibility index (Phi) is 10.8. The van der Waals surface area contributed by atoms with Crippen LogP contribution >= 0.6 is 0 Å². The predicted molar refractivity (Wildman–Crippen MR) is 100 cm³/mol. The lowest BCUT2D eigenvalue weighted by molar-refractivity contribution is 0.133. The minimum absolute atomic E-state index is 0.736. The normalized spacial score (nSPS) is 15.2. The fourth-order valence-corrected chi connectivity index (χ4v) is 2.93. The second-order valence-electron chi connectivity index (χ2n) is 6.03. The van der Waals surface area contributed by atoms with E-state index in [2.05, 4.69) is 48.3 Å². The average molecular weight is 321 g/mol. The maximum absolute atomic E-state index is 5.90. The molecule has 0 aromatic heterocycles. The fraction of sp³-hybridized carbons (Fsp3) is 0.700. The van der Waals surface area contributed by atoms with Crippen LogP contribution < -0.4 is 10.1 Å². The van der Waals surface area contributed by atoms with Crippen LogP contribution in [0.5, 0.6) is 5.75 Å². The third-order valence-electron chi connectivity index (χ3n) is 4.29. The summed E-state index contributed by atoms with van der Waals surface area (Å²) >= 11 is 0. The highest BCUT2D eigenvalue weighted by atomic mass is 16.5. The molecule has 0 unspecified atom stereocenters. The van der Waals surface area contributed by atoms with Gasteiger partial charge in [0.25, 0.3) is 0 Å². The number of benzene rings is 1. The van der Waals surface area contributed by atoms with E-state index >= 15 is 0 Å². The van der Waals surface area contributed by atoms with Gasteiger partial charge in [0, 0.05) is 12.6 Å². The SMILES string of the molecule is CC.CCCCN(CCOc1ccc(C)cc1)C1CCNCC1. The molecule has 1 N–H and O–H groups in total. The first kappa shape index (κ1) is 20.0. The van der Waals surface area contributed by atoms with E-state index in [1.54, 1.807) is 0 Å². The summed E-state index contributed by atoms with van der Waals surface area (Å²) < 4.78 is 5.90. The van der Waals surface area contributed by atoms with Gasteiger partial charge in [-0.2, -0.15) is 0 Å². The van der Waals surface area contributed by atoms with Crippen LogP contribution in [-0.2, 0) is 0 Å². The predicted octanol–water partition coefficient (Wildman–Crippen LogP) is 4.25. The largest absolute Gasteiger partial charge is 0.492 e. The standard InChI is InChI=1S/C18H30N2O.C2H6/c1-3-4-13-20(17-9-11-19-12-10-17)14-15-21-18-7-5-16(2)6-8-18;1-2/h5-8,17,19H,3-4,9-15H2,1-2H3;1-2H3. The Morgan fingerprint density at radius 2 is 1.74 bits per heavy atom. The molecule has 3 nitrogen and oxygen atoms in total. The first-order valence-corrected chi connectivity index (χ1v) is 9.44. The third-order valence-corrected chi connectivity index (χ3v) is 4.29. The van der Waals surface area contributed by atoms with Crippen molar-refractivity contribution in [3.63, 3.8) is 0 Å². The first-order chi connectivity index (χ1) is 11.3. The van der Waals surface area contributed by atoms with Crippen LogP contribution in [0.15, 0.2) is 24.3 Å². The molecule has 1 aliphatic heterocycles. The van der Waals surface area contributed by atoms with E-state index in [4.69, 9.17) is 4.74 Å². The van der Waals surface area contributed by atoms with Gasteiger partial charge in [-0.05, 0) is 58.0 Å². The minimum atomic E-state index is 0.736. The number of aryl methyl sites for hydroxylation is 1. The Morgan fingerprint density at radius 3 is 2.35 bits per heavy atom. The molecule has 2 rings (SSSR count). The first-order valence-electron chi connectivity index (χ1n) is 9.44. The van der Waals surface area contributed by atoms with Crippen LogP contribution in [0.25, 0.3) is 0 Å². The maximum atomic E-state index is 5.90. The van der Waals surface area contributed by atoms with Gasteiger partial charge < -0.3 is 10.1 Å². The number of piperidine rings is 1. The molecule has 0 atom stereocenters. The van der Waals surface area contributed by atoms with E-state index in [1.807, 2.05) is 13.8 Å². The van der Waals surface area contributed by atoms with E-state index in [0.717, 1.165) is 38.0 Å². The summed E-state index contributed by atoms with van der Waals surface area (Å²) in [4.78, 5) is 2.64. The van der Waals surface area contributed by atoms with E-state index < -0.39 is 0 Å². The Hall–Kier alpha value is -1.06. The van der Waals surface area contributed by atoms with Crippen LogP contribution in [0.3, 0.4) is 0 Å². The molecule has 23 heavy (non-hydrogen) atoms. The summed E-state index contributed by atoms with van der Waals surface area (Å²) in [5.74, 6) is 0.987. The van der Waals surface area contributed by atoms with Crippen molar-refractivity contribution in [1.29, 1.82) is 0 Å². The van der Waals surface area contributed by atoms with Crippen molar-refractivity contribution in [2.45, 2.75) is 59.4 Å². The molecule has 0 radical (unpaired) electrons. The number of unbranched alkanes of at least 4 members (excludes halogenated alkanes) is 1. The molecular weight excluding hydrogens is 284 g/mol. The second-order valence-corrected chi connectivity index (χ2v) is 6.03. The second kappa shape index (κ2) is 12.4. The van der Waals surface area contributed by atoms with E-state index in [1.165, 1.54) is 37.8 Å². The van der Waals surface area contributed by atoms with Gasteiger partial charge in [0.2, 0.25) is 0 Å². The molecule has 1 heterocycles. The Morgan fingerprint density at radius 1 is 1.09 bits per heavy atom. The summed E-state index contributed by atoms with van der Waals surface area (Å²) in [6, 6.07) is 9.08.